The van der Waals surface area contributed by atoms with Gasteiger partial charge in [0.1, 0.15) is 5.82 Å². The maximum Gasteiger partial charge on any atom is 0.413 e. The number of halogens is 1. The minimum absolute atomic E-state index is 0.0902. The predicted octanol–water partition coefficient (Wildman–Crippen LogP) is 4.99. The van der Waals surface area contributed by atoms with Crippen molar-refractivity contribution in [2.45, 2.75) is 19.8 Å². The first-order valence-electron chi connectivity index (χ1n) is 9.60. The summed E-state index contributed by atoms with van der Waals surface area (Å²) in [5, 5.41) is 5.93. The summed E-state index contributed by atoms with van der Waals surface area (Å²) in [6.45, 7) is 2.28. The largest absolute Gasteiger partial charge is 0.453 e. The van der Waals surface area contributed by atoms with Crippen molar-refractivity contribution in [3.63, 3.8) is 0 Å². The third-order valence-corrected chi connectivity index (χ3v) is 4.81. The van der Waals surface area contributed by atoms with Gasteiger partial charge in [-0.25, -0.2) is 14.2 Å². The molecular weight excluding hydrogens is 403 g/mol. The molecule has 0 aliphatic carbocycles. The third kappa shape index (κ3) is 5.37. The maximum absolute atomic E-state index is 14.3. The van der Waals surface area contributed by atoms with Crippen LogP contribution >= 0.6 is 0 Å². The SMILES string of the molecule is COC(=O)Nc1nc2ccc(C(=O)c3ccc(F)c(CC(C)CCN=[N+]=[N-])c3)cc2[nH]1. The first-order valence-corrected chi connectivity index (χ1v) is 9.60. The van der Waals surface area contributed by atoms with Gasteiger partial charge in [0.2, 0.25) is 5.95 Å². The first kappa shape index (κ1) is 21.8. The summed E-state index contributed by atoms with van der Waals surface area (Å²) < 4.78 is 18.8. The summed E-state index contributed by atoms with van der Waals surface area (Å²) in [7, 11) is 1.24. The highest BCUT2D eigenvalue weighted by Gasteiger charge is 2.15. The second kappa shape index (κ2) is 9.73. The number of hydrogen-bond acceptors (Lipinski definition) is 5. The number of benzene rings is 2. The van der Waals surface area contributed by atoms with Gasteiger partial charge in [-0.15, -0.1) is 0 Å². The lowest BCUT2D eigenvalue weighted by atomic mass is 9.94. The number of nitrogens with one attached hydrogen (secondary N) is 2. The molecule has 0 aliphatic heterocycles. The van der Waals surface area contributed by atoms with Crippen molar-refractivity contribution < 1.29 is 18.7 Å². The number of aromatic nitrogens is 2. The molecule has 0 spiro atoms. The second-order valence-corrected chi connectivity index (χ2v) is 7.12. The van der Waals surface area contributed by atoms with Gasteiger partial charge in [-0.1, -0.05) is 12.0 Å². The van der Waals surface area contributed by atoms with Crippen molar-refractivity contribution in [1.29, 1.82) is 0 Å². The van der Waals surface area contributed by atoms with E-state index in [0.717, 1.165) is 0 Å². The van der Waals surface area contributed by atoms with Crippen LogP contribution in [-0.4, -0.2) is 35.5 Å². The molecule has 0 saturated heterocycles. The Bertz CT molecular complexity index is 1170. The summed E-state index contributed by atoms with van der Waals surface area (Å²) >= 11 is 0. The number of carbonyl (C=O) groups excluding carboxylic acids is 2. The number of hydrogen-bond donors (Lipinski definition) is 2. The topological polar surface area (TPSA) is 133 Å². The minimum Gasteiger partial charge on any atom is -0.453 e. The molecule has 2 aromatic carbocycles. The summed E-state index contributed by atoms with van der Waals surface area (Å²) in [6, 6.07) is 9.20. The number of fused-ring (bicyclic) bond motifs is 1. The summed E-state index contributed by atoms with van der Waals surface area (Å²) in [6.07, 6.45) is 0.388. The van der Waals surface area contributed by atoms with Crippen molar-refractivity contribution in [3.8, 4) is 0 Å². The second-order valence-electron chi connectivity index (χ2n) is 7.12. The number of carbonyl (C=O) groups is 2. The van der Waals surface area contributed by atoms with E-state index >= 15 is 0 Å². The van der Waals surface area contributed by atoms with E-state index in [1.807, 2.05) is 6.92 Å². The Hall–Kier alpha value is -3.91. The van der Waals surface area contributed by atoms with E-state index in [9.17, 15) is 14.0 Å². The van der Waals surface area contributed by atoms with Gasteiger partial charge >= 0.3 is 6.09 Å². The molecule has 0 saturated carbocycles. The van der Waals surface area contributed by atoms with Crippen LogP contribution in [0.2, 0.25) is 0 Å². The van der Waals surface area contributed by atoms with Crippen molar-refractivity contribution in [3.05, 3.63) is 69.3 Å². The molecule has 3 rings (SSSR count). The lowest BCUT2D eigenvalue weighted by Gasteiger charge is -2.12. The molecule has 31 heavy (non-hydrogen) atoms. The molecule has 0 radical (unpaired) electrons. The van der Waals surface area contributed by atoms with Gasteiger partial charge in [-0.2, -0.15) is 0 Å². The molecule has 9 nitrogen and oxygen atoms in total. The zero-order valence-corrected chi connectivity index (χ0v) is 17.1. The number of imidazole rings is 1. The summed E-state index contributed by atoms with van der Waals surface area (Å²) in [5.41, 5.74) is 10.7. The molecule has 1 aromatic heterocycles. The van der Waals surface area contributed by atoms with Crippen LogP contribution < -0.4 is 5.32 Å². The maximum atomic E-state index is 14.3. The van der Waals surface area contributed by atoms with Crippen LogP contribution in [0, 0.1) is 11.7 Å². The number of methoxy groups -OCH3 is 1. The van der Waals surface area contributed by atoms with Crippen LogP contribution in [0.15, 0.2) is 41.5 Å². The molecular formula is C21H21FN6O3. The fourth-order valence-electron chi connectivity index (χ4n) is 3.20. The zero-order valence-electron chi connectivity index (χ0n) is 17.1. The number of aromatic amines is 1. The third-order valence-electron chi connectivity index (χ3n) is 4.81. The van der Waals surface area contributed by atoms with E-state index in [4.69, 9.17) is 5.53 Å². The standard InChI is InChI=1S/C21H21FN6O3/c1-12(7-8-24-28-23)9-15-10-13(3-5-16(15)22)19(29)14-4-6-17-18(11-14)26-20(25-17)27-21(30)31-2/h3-6,10-12H,7-9H2,1-2H3,(H2,25,26,27,30). The quantitative estimate of drug-likeness (QED) is 0.228. The van der Waals surface area contributed by atoms with E-state index in [2.05, 4.69) is 30.0 Å². The van der Waals surface area contributed by atoms with Gasteiger partial charge in [-0.05, 0) is 66.3 Å². The normalized spacial score (nSPS) is 11.6. The number of azide groups is 1. The van der Waals surface area contributed by atoms with E-state index < -0.39 is 6.09 Å². The zero-order chi connectivity index (χ0) is 22.4. The highest BCUT2D eigenvalue weighted by atomic mass is 19.1. The summed E-state index contributed by atoms with van der Waals surface area (Å²) in [4.78, 5) is 34.1. The number of nitrogens with zero attached hydrogens (tertiary/aromatic N) is 4. The average molecular weight is 424 g/mol. The number of rotatable bonds is 8. The van der Waals surface area contributed by atoms with Crippen LogP contribution in [0.25, 0.3) is 21.5 Å². The van der Waals surface area contributed by atoms with Gasteiger partial charge in [0.15, 0.2) is 5.78 Å². The van der Waals surface area contributed by atoms with Crippen molar-refractivity contribution in [2.75, 3.05) is 19.0 Å². The fraction of sp³-hybridized carbons (Fsp3) is 0.286. The van der Waals surface area contributed by atoms with Crippen LogP contribution in [0.5, 0.6) is 0 Å². The average Bonchev–Trinajstić information content (AvgIpc) is 3.16. The Labute approximate surface area is 177 Å². The van der Waals surface area contributed by atoms with Gasteiger partial charge in [0, 0.05) is 22.6 Å². The van der Waals surface area contributed by atoms with Gasteiger partial charge < -0.3 is 9.72 Å². The fourth-order valence-corrected chi connectivity index (χ4v) is 3.20. The van der Waals surface area contributed by atoms with E-state index in [1.165, 1.54) is 19.2 Å². The number of ketones is 1. The van der Waals surface area contributed by atoms with Crippen molar-refractivity contribution in [2.24, 2.45) is 11.0 Å². The van der Waals surface area contributed by atoms with Crippen molar-refractivity contribution in [1.82, 2.24) is 9.97 Å². The molecule has 2 N–H and O–H groups in total. The Balaban J connectivity index is 1.80. The van der Waals surface area contributed by atoms with Crippen LogP contribution in [0.4, 0.5) is 15.1 Å². The number of amides is 1. The van der Waals surface area contributed by atoms with E-state index in [0.29, 0.717) is 47.1 Å². The first-order chi connectivity index (χ1) is 14.9. The minimum atomic E-state index is -0.664. The van der Waals surface area contributed by atoms with Gasteiger partial charge in [0.05, 0.1) is 18.1 Å². The number of ether oxygens (including phenoxy) is 1. The molecule has 160 valence electrons. The van der Waals surface area contributed by atoms with Crippen molar-refractivity contribution >= 4 is 28.9 Å². The molecule has 1 heterocycles. The lowest BCUT2D eigenvalue weighted by molar-refractivity contribution is 0.103. The van der Waals surface area contributed by atoms with E-state index in [-0.39, 0.29) is 23.5 Å². The van der Waals surface area contributed by atoms with Crippen LogP contribution in [0.3, 0.4) is 0 Å². The predicted molar refractivity (Wildman–Crippen MR) is 113 cm³/mol. The molecule has 1 amide bonds. The Kier molecular flexibility index (Phi) is 6.84. The smallest absolute Gasteiger partial charge is 0.413 e. The lowest BCUT2D eigenvalue weighted by Crippen LogP contribution is -2.11. The Morgan fingerprint density at radius 3 is 2.77 bits per heavy atom. The van der Waals surface area contributed by atoms with Crippen LogP contribution in [-0.2, 0) is 11.2 Å². The summed E-state index contributed by atoms with van der Waals surface area (Å²) in [5.74, 6) is -0.352. The highest BCUT2D eigenvalue weighted by molar-refractivity contribution is 6.10. The van der Waals surface area contributed by atoms with E-state index in [1.54, 1.807) is 24.3 Å². The molecule has 0 bridgehead atoms. The monoisotopic (exact) mass is 424 g/mol. The molecule has 0 fully saturated rings. The van der Waals surface area contributed by atoms with Gasteiger partial charge in [0.25, 0.3) is 0 Å². The molecule has 1 unspecified atom stereocenters. The molecule has 10 heteroatoms. The molecule has 0 aliphatic rings. The number of anilines is 1. The molecule has 1 atom stereocenters. The van der Waals surface area contributed by atoms with Crippen LogP contribution in [0.1, 0.15) is 34.8 Å². The Morgan fingerprint density at radius 1 is 1.29 bits per heavy atom. The number of H-pyrrole nitrogens is 1. The molecule has 3 aromatic rings. The highest BCUT2D eigenvalue weighted by Crippen LogP contribution is 2.22. The Morgan fingerprint density at radius 2 is 2.03 bits per heavy atom. The van der Waals surface area contributed by atoms with Gasteiger partial charge in [-0.3, -0.25) is 10.1 Å².